The molecule has 2 aromatic heterocycles. The molecule has 23 heavy (non-hydrogen) atoms. The first-order chi connectivity index (χ1) is 11.2. The van der Waals surface area contributed by atoms with Crippen LogP contribution in [0.5, 0.6) is 0 Å². The van der Waals surface area contributed by atoms with Crippen LogP contribution in [0.25, 0.3) is 23.0 Å². The maximum Gasteiger partial charge on any atom is 0.282 e. The van der Waals surface area contributed by atoms with E-state index in [1.165, 1.54) is 5.56 Å². The molecule has 0 spiro atoms. The molecule has 2 N–H and O–H groups in total. The van der Waals surface area contributed by atoms with E-state index < -0.39 is 0 Å². The van der Waals surface area contributed by atoms with E-state index in [2.05, 4.69) is 27.4 Å². The Kier molecular flexibility index (Phi) is 4.36. The van der Waals surface area contributed by atoms with Gasteiger partial charge < -0.3 is 10.3 Å². The summed E-state index contributed by atoms with van der Waals surface area (Å²) in [5.41, 5.74) is 8.60. The van der Waals surface area contributed by atoms with Crippen molar-refractivity contribution in [1.82, 2.24) is 25.1 Å². The monoisotopic (exact) mass is 312 g/mol. The van der Waals surface area contributed by atoms with E-state index in [1.807, 2.05) is 31.2 Å². The molecule has 0 amide bonds. The van der Waals surface area contributed by atoms with Gasteiger partial charge in [0.05, 0.1) is 0 Å². The molecule has 0 fully saturated rings. The number of aryl methyl sites for hydroxylation is 2. The van der Waals surface area contributed by atoms with Gasteiger partial charge in [-0.1, -0.05) is 60.0 Å². The zero-order chi connectivity index (χ0) is 16.2. The molecule has 0 saturated carbocycles. The molecule has 0 radical (unpaired) electrons. The van der Waals surface area contributed by atoms with Crippen molar-refractivity contribution in [3.63, 3.8) is 0 Å². The second-order valence-electron chi connectivity index (χ2n) is 5.54. The fourth-order valence-electron chi connectivity index (χ4n) is 2.29. The second kappa shape index (κ2) is 6.60. The van der Waals surface area contributed by atoms with Crippen LogP contribution in [0, 0.1) is 6.92 Å². The Hall–Kier alpha value is -2.70. The van der Waals surface area contributed by atoms with E-state index in [0.717, 1.165) is 31.4 Å². The standard InChI is InChI=1S/C16H20N6O/c1-3-4-5-10-22-14(17)13(19-21-22)16-18-15(20-23-16)12-8-6-11(2)7-9-12/h6-9H,3-5,10,17H2,1-2H3. The third-order valence-corrected chi connectivity index (χ3v) is 3.69. The van der Waals surface area contributed by atoms with Crippen LogP contribution in [0.2, 0.25) is 0 Å². The van der Waals surface area contributed by atoms with E-state index >= 15 is 0 Å². The number of hydrogen-bond donors (Lipinski definition) is 1. The average molecular weight is 312 g/mol. The Balaban J connectivity index is 1.81. The lowest BCUT2D eigenvalue weighted by Crippen LogP contribution is -2.05. The third kappa shape index (κ3) is 3.23. The summed E-state index contributed by atoms with van der Waals surface area (Å²) in [7, 11) is 0. The summed E-state index contributed by atoms with van der Waals surface area (Å²) in [6.07, 6.45) is 3.29. The molecular weight excluding hydrogens is 292 g/mol. The predicted octanol–water partition coefficient (Wildman–Crippen LogP) is 3.08. The molecule has 0 aliphatic heterocycles. The molecular formula is C16H20N6O. The normalized spacial score (nSPS) is 11.0. The number of nitrogen functional groups attached to an aromatic ring is 1. The third-order valence-electron chi connectivity index (χ3n) is 3.69. The molecule has 3 rings (SSSR count). The van der Waals surface area contributed by atoms with Crippen LogP contribution < -0.4 is 5.73 Å². The van der Waals surface area contributed by atoms with E-state index in [0.29, 0.717) is 23.2 Å². The van der Waals surface area contributed by atoms with Gasteiger partial charge in [0.25, 0.3) is 5.89 Å². The van der Waals surface area contributed by atoms with Crippen LogP contribution >= 0.6 is 0 Å². The minimum atomic E-state index is 0.291. The Morgan fingerprint density at radius 2 is 1.96 bits per heavy atom. The highest BCUT2D eigenvalue weighted by Crippen LogP contribution is 2.25. The number of rotatable bonds is 6. The van der Waals surface area contributed by atoms with E-state index in [-0.39, 0.29) is 0 Å². The zero-order valence-corrected chi connectivity index (χ0v) is 13.4. The molecule has 0 aliphatic rings. The molecule has 3 aromatic rings. The average Bonchev–Trinajstić information content (AvgIpc) is 3.16. The number of nitrogens with zero attached hydrogens (tertiary/aromatic N) is 5. The number of anilines is 1. The highest BCUT2D eigenvalue weighted by Gasteiger charge is 2.18. The summed E-state index contributed by atoms with van der Waals surface area (Å²) in [6, 6.07) is 7.91. The number of hydrogen-bond acceptors (Lipinski definition) is 6. The molecule has 7 nitrogen and oxygen atoms in total. The summed E-state index contributed by atoms with van der Waals surface area (Å²) in [6.45, 7) is 4.93. The lowest BCUT2D eigenvalue weighted by atomic mass is 10.1. The van der Waals surface area contributed by atoms with E-state index in [4.69, 9.17) is 10.3 Å². The number of nitrogens with two attached hydrogens (primary N) is 1. The van der Waals surface area contributed by atoms with Gasteiger partial charge in [0.1, 0.15) is 0 Å². The minimum absolute atomic E-state index is 0.291. The molecule has 0 saturated heterocycles. The van der Waals surface area contributed by atoms with Crippen LogP contribution in [-0.2, 0) is 6.54 Å². The maximum atomic E-state index is 6.10. The van der Waals surface area contributed by atoms with Crippen LogP contribution in [0.4, 0.5) is 5.82 Å². The van der Waals surface area contributed by atoms with Crippen LogP contribution in [0.1, 0.15) is 31.7 Å². The first kappa shape index (κ1) is 15.2. The fourth-order valence-corrected chi connectivity index (χ4v) is 2.29. The zero-order valence-electron chi connectivity index (χ0n) is 13.4. The van der Waals surface area contributed by atoms with Crippen molar-refractivity contribution in [2.24, 2.45) is 0 Å². The lowest BCUT2D eigenvalue weighted by Gasteiger charge is -2.01. The smallest absolute Gasteiger partial charge is 0.282 e. The van der Waals surface area contributed by atoms with Crippen molar-refractivity contribution in [2.45, 2.75) is 39.7 Å². The Morgan fingerprint density at radius 3 is 2.70 bits per heavy atom. The highest BCUT2D eigenvalue weighted by molar-refractivity contribution is 5.64. The largest absolute Gasteiger partial charge is 0.382 e. The topological polar surface area (TPSA) is 95.6 Å². The number of aromatic nitrogens is 5. The van der Waals surface area contributed by atoms with E-state index in [9.17, 15) is 0 Å². The Morgan fingerprint density at radius 1 is 1.17 bits per heavy atom. The van der Waals surface area contributed by atoms with Gasteiger partial charge in [-0.25, -0.2) is 4.68 Å². The number of unbranched alkanes of at least 4 members (excludes halogenated alkanes) is 2. The van der Waals surface area contributed by atoms with Gasteiger partial charge in [0.2, 0.25) is 5.82 Å². The van der Waals surface area contributed by atoms with Gasteiger partial charge in [-0.2, -0.15) is 4.98 Å². The van der Waals surface area contributed by atoms with Gasteiger partial charge in [0.15, 0.2) is 11.5 Å². The van der Waals surface area contributed by atoms with Gasteiger partial charge in [-0.05, 0) is 13.3 Å². The quantitative estimate of drug-likeness (QED) is 0.703. The first-order valence-electron chi connectivity index (χ1n) is 7.79. The molecule has 0 aliphatic carbocycles. The van der Waals surface area contributed by atoms with E-state index in [1.54, 1.807) is 4.68 Å². The SMILES string of the molecule is CCCCCn1nnc(-c2nc(-c3ccc(C)cc3)no2)c1N. The van der Waals surface area contributed by atoms with Gasteiger partial charge in [-0.3, -0.25) is 0 Å². The maximum absolute atomic E-state index is 6.10. The van der Waals surface area contributed by atoms with Crippen molar-refractivity contribution >= 4 is 5.82 Å². The molecule has 1 aromatic carbocycles. The summed E-state index contributed by atoms with van der Waals surface area (Å²) in [4.78, 5) is 4.38. The molecule has 0 atom stereocenters. The minimum Gasteiger partial charge on any atom is -0.382 e. The van der Waals surface area contributed by atoms with Crippen molar-refractivity contribution < 1.29 is 4.52 Å². The van der Waals surface area contributed by atoms with Crippen LogP contribution in [-0.4, -0.2) is 25.1 Å². The van der Waals surface area contributed by atoms with Crippen molar-refractivity contribution in [3.8, 4) is 23.0 Å². The predicted molar refractivity (Wildman–Crippen MR) is 87.4 cm³/mol. The Labute approximate surface area is 134 Å². The highest BCUT2D eigenvalue weighted by atomic mass is 16.5. The fraction of sp³-hybridized carbons (Fsp3) is 0.375. The van der Waals surface area contributed by atoms with Crippen molar-refractivity contribution in [3.05, 3.63) is 29.8 Å². The van der Waals surface area contributed by atoms with Gasteiger partial charge >= 0.3 is 0 Å². The molecule has 120 valence electrons. The summed E-state index contributed by atoms with van der Waals surface area (Å²) in [5.74, 6) is 1.26. The summed E-state index contributed by atoms with van der Waals surface area (Å²) in [5, 5.41) is 12.1. The van der Waals surface area contributed by atoms with Gasteiger partial charge in [-0.15, -0.1) is 5.10 Å². The lowest BCUT2D eigenvalue weighted by molar-refractivity contribution is 0.431. The summed E-state index contributed by atoms with van der Waals surface area (Å²) >= 11 is 0. The summed E-state index contributed by atoms with van der Waals surface area (Å²) < 4.78 is 6.98. The van der Waals surface area contributed by atoms with Crippen LogP contribution in [0.15, 0.2) is 28.8 Å². The van der Waals surface area contributed by atoms with Gasteiger partial charge in [0, 0.05) is 12.1 Å². The van der Waals surface area contributed by atoms with Crippen molar-refractivity contribution in [1.29, 1.82) is 0 Å². The van der Waals surface area contributed by atoms with Crippen LogP contribution in [0.3, 0.4) is 0 Å². The molecule has 2 heterocycles. The first-order valence-corrected chi connectivity index (χ1v) is 7.79. The molecule has 0 unspecified atom stereocenters. The second-order valence-corrected chi connectivity index (χ2v) is 5.54. The van der Waals surface area contributed by atoms with Crippen molar-refractivity contribution in [2.75, 3.05) is 5.73 Å². The Bertz CT molecular complexity index is 774. The number of benzene rings is 1. The molecule has 0 bridgehead atoms. The molecule has 7 heteroatoms.